The minimum atomic E-state index is -0.113. The molecule has 0 amide bonds. The third-order valence-corrected chi connectivity index (χ3v) is 4.99. The number of H-pyrrole nitrogens is 1. The first-order chi connectivity index (χ1) is 13.8. The molecule has 0 saturated heterocycles. The second-order valence-corrected chi connectivity index (χ2v) is 6.80. The lowest BCUT2D eigenvalue weighted by molar-refractivity contribution is 0.117. The Morgan fingerprint density at radius 1 is 1.14 bits per heavy atom. The molecule has 0 saturated carbocycles. The molecule has 0 fully saturated rings. The Labute approximate surface area is 160 Å². The van der Waals surface area contributed by atoms with Crippen molar-refractivity contribution in [3.8, 4) is 11.4 Å². The van der Waals surface area contributed by atoms with Crippen LogP contribution in [0.5, 0.6) is 0 Å². The molecule has 8 nitrogen and oxygen atoms in total. The van der Waals surface area contributed by atoms with Crippen molar-refractivity contribution < 1.29 is 14.0 Å². The summed E-state index contributed by atoms with van der Waals surface area (Å²) in [5.41, 5.74) is 3.00. The summed E-state index contributed by atoms with van der Waals surface area (Å²) in [7, 11) is 0. The minimum absolute atomic E-state index is 0.108. The van der Waals surface area contributed by atoms with Gasteiger partial charge in [0.15, 0.2) is 0 Å². The van der Waals surface area contributed by atoms with Gasteiger partial charge in [-0.3, -0.25) is 4.90 Å². The number of hydrogen-bond acceptors (Lipinski definition) is 7. The van der Waals surface area contributed by atoms with Crippen molar-refractivity contribution in [3.05, 3.63) is 77.6 Å². The number of furan rings is 1. The van der Waals surface area contributed by atoms with Crippen LogP contribution in [0.4, 0.5) is 0 Å². The summed E-state index contributed by atoms with van der Waals surface area (Å²) in [6.45, 7) is 1.11. The number of rotatable bonds is 5. The summed E-state index contributed by atoms with van der Waals surface area (Å²) < 4.78 is 11.3. The monoisotopic (exact) mass is 377 g/mol. The van der Waals surface area contributed by atoms with E-state index in [-0.39, 0.29) is 12.6 Å². The first kappa shape index (κ1) is 16.9. The summed E-state index contributed by atoms with van der Waals surface area (Å²) in [5.74, 6) is 2.46. The van der Waals surface area contributed by atoms with Crippen LogP contribution in [0.3, 0.4) is 0 Å². The molecule has 1 aliphatic heterocycles. The van der Waals surface area contributed by atoms with Gasteiger partial charge in [-0.25, -0.2) is 4.98 Å². The molecule has 0 spiro atoms. The molecule has 28 heavy (non-hydrogen) atoms. The zero-order valence-electron chi connectivity index (χ0n) is 15.1. The van der Waals surface area contributed by atoms with E-state index in [1.54, 1.807) is 12.4 Å². The Hall–Kier alpha value is -3.23. The quantitative estimate of drug-likeness (QED) is 0.551. The molecule has 0 unspecified atom stereocenters. The lowest BCUT2D eigenvalue weighted by atomic mass is 10.0. The molecular formula is C20H19N5O3. The molecule has 2 N–H and O–H groups in total. The number of hydrogen-bond donors (Lipinski definition) is 2. The Morgan fingerprint density at radius 3 is 2.82 bits per heavy atom. The average Bonchev–Trinajstić information content (AvgIpc) is 3.48. The van der Waals surface area contributed by atoms with Crippen molar-refractivity contribution in [2.24, 2.45) is 0 Å². The third kappa shape index (κ3) is 3.12. The van der Waals surface area contributed by atoms with Crippen LogP contribution in [-0.2, 0) is 26.1 Å². The number of fused-ring (bicyclic) bond motifs is 1. The Morgan fingerprint density at radius 2 is 2.00 bits per heavy atom. The van der Waals surface area contributed by atoms with Gasteiger partial charge in [0, 0.05) is 18.5 Å². The number of nitrogens with one attached hydrogen (secondary N) is 1. The summed E-state index contributed by atoms with van der Waals surface area (Å²) in [6, 6.07) is 13.3. The number of benzene rings is 1. The van der Waals surface area contributed by atoms with Gasteiger partial charge in [-0.2, -0.15) is 4.98 Å². The van der Waals surface area contributed by atoms with Crippen LogP contribution in [0.1, 0.15) is 34.8 Å². The topological polar surface area (TPSA) is 104 Å². The summed E-state index contributed by atoms with van der Waals surface area (Å²) in [6.07, 6.45) is 2.38. The fraction of sp³-hybridized carbons (Fsp3) is 0.250. The highest BCUT2D eigenvalue weighted by Crippen LogP contribution is 2.33. The van der Waals surface area contributed by atoms with Crippen LogP contribution in [-0.4, -0.2) is 30.1 Å². The van der Waals surface area contributed by atoms with Crippen LogP contribution < -0.4 is 0 Å². The van der Waals surface area contributed by atoms with Gasteiger partial charge in [0.1, 0.15) is 18.1 Å². The number of aliphatic hydroxyl groups excluding tert-OH is 1. The van der Waals surface area contributed by atoms with Gasteiger partial charge >= 0.3 is 0 Å². The van der Waals surface area contributed by atoms with Crippen molar-refractivity contribution in [3.63, 3.8) is 0 Å². The van der Waals surface area contributed by atoms with E-state index in [1.165, 1.54) is 0 Å². The number of aliphatic hydroxyl groups is 1. The SMILES string of the molecule is OCc1ccc(CN2Cc3[nH]cnc3C[C@H]2c2nc(-c3ccccc3)no2)o1. The summed E-state index contributed by atoms with van der Waals surface area (Å²) in [5, 5.41) is 13.4. The zero-order chi connectivity index (χ0) is 18.9. The molecule has 142 valence electrons. The third-order valence-electron chi connectivity index (χ3n) is 4.99. The lowest BCUT2D eigenvalue weighted by Gasteiger charge is -2.31. The van der Waals surface area contributed by atoms with E-state index in [4.69, 9.17) is 8.94 Å². The van der Waals surface area contributed by atoms with Crippen LogP contribution in [0.2, 0.25) is 0 Å². The highest BCUT2D eigenvalue weighted by atomic mass is 16.5. The molecule has 0 aliphatic carbocycles. The van der Waals surface area contributed by atoms with Gasteiger partial charge in [0.05, 0.1) is 30.3 Å². The van der Waals surface area contributed by atoms with E-state index < -0.39 is 0 Å². The maximum atomic E-state index is 9.25. The van der Waals surface area contributed by atoms with E-state index in [0.29, 0.717) is 37.0 Å². The van der Waals surface area contributed by atoms with Crippen molar-refractivity contribution in [2.45, 2.75) is 32.2 Å². The van der Waals surface area contributed by atoms with Gasteiger partial charge in [-0.15, -0.1) is 0 Å². The molecular weight excluding hydrogens is 358 g/mol. The van der Waals surface area contributed by atoms with Crippen molar-refractivity contribution in [1.82, 2.24) is 25.0 Å². The molecule has 1 atom stereocenters. The number of imidazole rings is 1. The van der Waals surface area contributed by atoms with Crippen LogP contribution >= 0.6 is 0 Å². The normalized spacial score (nSPS) is 17.0. The second-order valence-electron chi connectivity index (χ2n) is 6.80. The Balaban J connectivity index is 1.45. The van der Waals surface area contributed by atoms with E-state index in [9.17, 15) is 5.11 Å². The van der Waals surface area contributed by atoms with E-state index in [1.807, 2.05) is 36.4 Å². The molecule has 4 aromatic rings. The fourth-order valence-electron chi connectivity index (χ4n) is 3.56. The molecule has 4 heterocycles. The maximum Gasteiger partial charge on any atom is 0.244 e. The Kier molecular flexibility index (Phi) is 4.27. The molecule has 1 aromatic carbocycles. The van der Waals surface area contributed by atoms with Gasteiger partial charge in [0.2, 0.25) is 11.7 Å². The molecule has 5 rings (SSSR count). The number of nitrogens with zero attached hydrogens (tertiary/aromatic N) is 4. The second kappa shape index (κ2) is 7.06. The standard InChI is InChI=1S/C20H19N5O3/c26-11-15-7-6-14(27-15)9-25-10-17-16(21-12-22-17)8-18(25)20-23-19(24-28-20)13-4-2-1-3-5-13/h1-7,12,18,26H,8-11H2,(H,21,22)/t18-/m0/s1. The Bertz CT molecular complexity index is 1070. The minimum Gasteiger partial charge on any atom is -0.462 e. The largest absolute Gasteiger partial charge is 0.462 e. The van der Waals surface area contributed by atoms with Gasteiger partial charge in [0.25, 0.3) is 0 Å². The zero-order valence-corrected chi connectivity index (χ0v) is 15.1. The molecule has 3 aromatic heterocycles. The summed E-state index contributed by atoms with van der Waals surface area (Å²) >= 11 is 0. The van der Waals surface area contributed by atoms with Crippen LogP contribution in [0, 0.1) is 0 Å². The van der Waals surface area contributed by atoms with E-state index in [2.05, 4.69) is 25.0 Å². The summed E-state index contributed by atoms with van der Waals surface area (Å²) in [4.78, 5) is 14.5. The van der Waals surface area contributed by atoms with Crippen LogP contribution in [0.15, 0.2) is 57.7 Å². The van der Waals surface area contributed by atoms with E-state index in [0.717, 1.165) is 22.7 Å². The molecule has 0 bridgehead atoms. The lowest BCUT2D eigenvalue weighted by Crippen LogP contribution is -2.34. The van der Waals surface area contributed by atoms with Crippen molar-refractivity contribution in [1.29, 1.82) is 0 Å². The first-order valence-corrected chi connectivity index (χ1v) is 9.13. The van der Waals surface area contributed by atoms with Crippen molar-refractivity contribution >= 4 is 0 Å². The van der Waals surface area contributed by atoms with Gasteiger partial charge < -0.3 is 19.0 Å². The molecule has 0 radical (unpaired) electrons. The fourth-order valence-corrected chi connectivity index (χ4v) is 3.56. The molecule has 1 aliphatic rings. The van der Waals surface area contributed by atoms with E-state index >= 15 is 0 Å². The van der Waals surface area contributed by atoms with Gasteiger partial charge in [-0.05, 0) is 12.1 Å². The smallest absolute Gasteiger partial charge is 0.244 e. The highest BCUT2D eigenvalue weighted by molar-refractivity contribution is 5.53. The predicted octanol–water partition coefficient (Wildman–Crippen LogP) is 2.84. The number of aromatic amines is 1. The van der Waals surface area contributed by atoms with Crippen LogP contribution in [0.25, 0.3) is 11.4 Å². The molecule has 8 heteroatoms. The van der Waals surface area contributed by atoms with Crippen molar-refractivity contribution in [2.75, 3.05) is 0 Å². The first-order valence-electron chi connectivity index (χ1n) is 9.13. The number of aromatic nitrogens is 4. The highest BCUT2D eigenvalue weighted by Gasteiger charge is 2.33. The predicted molar refractivity (Wildman–Crippen MR) is 98.6 cm³/mol. The maximum absolute atomic E-state index is 9.25. The average molecular weight is 377 g/mol. The van der Waals surface area contributed by atoms with Gasteiger partial charge in [-0.1, -0.05) is 35.5 Å².